The Morgan fingerprint density at radius 2 is 1.80 bits per heavy atom. The Morgan fingerprint density at radius 3 is 2.36 bits per heavy atom. The molecule has 0 bridgehead atoms. The van der Waals surface area contributed by atoms with Crippen LogP contribution in [0.15, 0.2) is 28.8 Å². The number of benzene rings is 1. The summed E-state index contributed by atoms with van der Waals surface area (Å²) in [6.07, 6.45) is 0. The maximum absolute atomic E-state index is 8.87. The lowest BCUT2D eigenvalue weighted by atomic mass is 10.1. The molecule has 25 heavy (non-hydrogen) atoms. The minimum atomic E-state index is 0.150. The van der Waals surface area contributed by atoms with Gasteiger partial charge in [-0.1, -0.05) is 31.1 Å². The summed E-state index contributed by atoms with van der Waals surface area (Å²) in [5.74, 6) is 1.78. The molecule has 1 aliphatic heterocycles. The van der Waals surface area contributed by atoms with Crippen LogP contribution in [-0.2, 0) is 6.54 Å². The summed E-state index contributed by atoms with van der Waals surface area (Å²) in [6, 6.07) is 10.2. The van der Waals surface area contributed by atoms with Crippen molar-refractivity contribution in [2.75, 3.05) is 26.2 Å². The molecule has 0 saturated carbocycles. The zero-order valence-electron chi connectivity index (χ0n) is 15.1. The van der Waals surface area contributed by atoms with Gasteiger partial charge in [-0.3, -0.25) is 9.80 Å². The lowest BCUT2D eigenvalue weighted by Gasteiger charge is -2.36. The van der Waals surface area contributed by atoms with E-state index in [4.69, 9.17) is 9.78 Å². The molecule has 1 saturated heterocycles. The number of aromatic nitrogens is 2. The molecule has 0 amide bonds. The van der Waals surface area contributed by atoms with Crippen molar-refractivity contribution in [1.29, 1.82) is 5.26 Å². The monoisotopic (exact) mass is 339 g/mol. The third kappa shape index (κ3) is 4.25. The Labute approximate surface area is 149 Å². The van der Waals surface area contributed by atoms with Crippen molar-refractivity contribution in [1.82, 2.24) is 19.9 Å². The van der Waals surface area contributed by atoms with Gasteiger partial charge in [-0.15, -0.1) is 0 Å². The zero-order chi connectivity index (χ0) is 17.8. The van der Waals surface area contributed by atoms with Crippen LogP contribution in [-0.4, -0.2) is 46.1 Å². The van der Waals surface area contributed by atoms with E-state index >= 15 is 0 Å². The molecule has 0 spiro atoms. The smallest absolute Gasteiger partial charge is 0.243 e. The predicted molar refractivity (Wildman–Crippen MR) is 94.8 cm³/mol. The molecule has 1 atom stereocenters. The van der Waals surface area contributed by atoms with Crippen molar-refractivity contribution < 1.29 is 4.52 Å². The zero-order valence-corrected chi connectivity index (χ0v) is 15.1. The summed E-state index contributed by atoms with van der Waals surface area (Å²) >= 11 is 0. The van der Waals surface area contributed by atoms with E-state index in [1.807, 2.05) is 24.3 Å². The molecule has 2 heterocycles. The Hall–Kier alpha value is -2.23. The minimum Gasteiger partial charge on any atom is -0.338 e. The second-order valence-corrected chi connectivity index (χ2v) is 6.94. The van der Waals surface area contributed by atoms with Crippen LogP contribution in [0.25, 0.3) is 0 Å². The molecule has 0 unspecified atom stereocenters. The van der Waals surface area contributed by atoms with Crippen LogP contribution in [0.3, 0.4) is 0 Å². The van der Waals surface area contributed by atoms with Crippen LogP contribution in [0.1, 0.15) is 55.6 Å². The second-order valence-electron chi connectivity index (χ2n) is 6.94. The van der Waals surface area contributed by atoms with Crippen LogP contribution in [0.4, 0.5) is 0 Å². The van der Waals surface area contributed by atoms with Crippen LogP contribution < -0.4 is 0 Å². The van der Waals surface area contributed by atoms with E-state index in [0.29, 0.717) is 11.5 Å². The number of piperazine rings is 1. The van der Waals surface area contributed by atoms with Crippen LogP contribution in [0.5, 0.6) is 0 Å². The van der Waals surface area contributed by atoms with E-state index in [2.05, 4.69) is 46.8 Å². The van der Waals surface area contributed by atoms with E-state index in [0.717, 1.165) is 38.5 Å². The van der Waals surface area contributed by atoms with E-state index in [9.17, 15) is 0 Å². The molecule has 6 nitrogen and oxygen atoms in total. The molecule has 6 heteroatoms. The fraction of sp³-hybridized carbons (Fsp3) is 0.526. The first-order valence-corrected chi connectivity index (χ1v) is 8.85. The average molecular weight is 339 g/mol. The maximum Gasteiger partial charge on any atom is 0.243 e. The third-order valence-corrected chi connectivity index (χ3v) is 4.78. The molecule has 0 aliphatic carbocycles. The van der Waals surface area contributed by atoms with Gasteiger partial charge in [-0.05, 0) is 24.6 Å². The largest absolute Gasteiger partial charge is 0.338 e. The molecule has 1 aromatic heterocycles. The van der Waals surface area contributed by atoms with Gasteiger partial charge in [-0.2, -0.15) is 10.2 Å². The van der Waals surface area contributed by atoms with Gasteiger partial charge in [0.2, 0.25) is 5.89 Å². The molecule has 132 valence electrons. The Bertz CT molecular complexity index is 723. The predicted octanol–water partition coefficient (Wildman–Crippen LogP) is 2.94. The van der Waals surface area contributed by atoms with E-state index in [1.165, 1.54) is 5.56 Å². The molecule has 1 aliphatic rings. The van der Waals surface area contributed by atoms with Crippen molar-refractivity contribution in [2.45, 2.75) is 39.3 Å². The van der Waals surface area contributed by atoms with Crippen molar-refractivity contribution in [3.05, 3.63) is 47.1 Å². The van der Waals surface area contributed by atoms with Gasteiger partial charge in [0, 0.05) is 38.6 Å². The fourth-order valence-corrected chi connectivity index (χ4v) is 3.06. The summed E-state index contributed by atoms with van der Waals surface area (Å²) in [7, 11) is 0. The SMILES string of the molecule is CC(C)c1noc([C@H](C)N2CCN(Cc3ccc(C#N)cc3)CC2)n1. The van der Waals surface area contributed by atoms with Crippen molar-refractivity contribution >= 4 is 0 Å². The summed E-state index contributed by atoms with van der Waals surface area (Å²) in [5.41, 5.74) is 1.96. The van der Waals surface area contributed by atoms with Gasteiger partial charge < -0.3 is 4.52 Å². The highest BCUT2D eigenvalue weighted by Crippen LogP contribution is 2.22. The van der Waals surface area contributed by atoms with Crippen LogP contribution >= 0.6 is 0 Å². The minimum absolute atomic E-state index is 0.150. The van der Waals surface area contributed by atoms with Gasteiger partial charge in [0.15, 0.2) is 5.82 Å². The Morgan fingerprint density at radius 1 is 1.12 bits per heavy atom. The summed E-state index contributed by atoms with van der Waals surface area (Å²) in [4.78, 5) is 9.37. The molecule has 2 aromatic rings. The molecular weight excluding hydrogens is 314 g/mol. The van der Waals surface area contributed by atoms with E-state index in [-0.39, 0.29) is 12.0 Å². The van der Waals surface area contributed by atoms with Gasteiger partial charge >= 0.3 is 0 Å². The van der Waals surface area contributed by atoms with Crippen molar-refractivity contribution in [3.63, 3.8) is 0 Å². The average Bonchev–Trinajstić information content (AvgIpc) is 3.13. The van der Waals surface area contributed by atoms with Gasteiger partial charge in [0.1, 0.15) is 0 Å². The summed E-state index contributed by atoms with van der Waals surface area (Å²) < 4.78 is 5.44. The normalized spacial score (nSPS) is 17.6. The first kappa shape index (κ1) is 17.6. The highest BCUT2D eigenvalue weighted by molar-refractivity contribution is 5.31. The van der Waals surface area contributed by atoms with Crippen LogP contribution in [0.2, 0.25) is 0 Å². The number of hydrogen-bond donors (Lipinski definition) is 0. The number of nitriles is 1. The Balaban J connectivity index is 1.53. The summed E-state index contributed by atoms with van der Waals surface area (Å²) in [6.45, 7) is 11.2. The molecule has 1 aromatic carbocycles. The van der Waals surface area contributed by atoms with Crippen molar-refractivity contribution in [3.8, 4) is 6.07 Å². The third-order valence-electron chi connectivity index (χ3n) is 4.78. The first-order valence-electron chi connectivity index (χ1n) is 8.85. The standard InChI is InChI=1S/C19H25N5O/c1-14(2)18-21-19(25-22-18)15(3)24-10-8-23(9-11-24)13-17-6-4-16(12-20)5-7-17/h4-7,14-15H,8-11,13H2,1-3H3/t15-/m0/s1. The topological polar surface area (TPSA) is 69.2 Å². The van der Waals surface area contributed by atoms with E-state index < -0.39 is 0 Å². The second kappa shape index (κ2) is 7.77. The van der Waals surface area contributed by atoms with Crippen molar-refractivity contribution in [2.24, 2.45) is 0 Å². The number of nitrogens with zero attached hydrogens (tertiary/aromatic N) is 5. The highest BCUT2D eigenvalue weighted by Gasteiger charge is 2.26. The van der Waals surface area contributed by atoms with Crippen LogP contribution in [0, 0.1) is 11.3 Å². The maximum atomic E-state index is 8.87. The lowest BCUT2D eigenvalue weighted by Crippen LogP contribution is -2.46. The molecule has 0 N–H and O–H groups in total. The molecule has 1 fully saturated rings. The fourth-order valence-electron chi connectivity index (χ4n) is 3.06. The van der Waals surface area contributed by atoms with E-state index in [1.54, 1.807) is 0 Å². The highest BCUT2D eigenvalue weighted by atomic mass is 16.5. The van der Waals surface area contributed by atoms with Gasteiger partial charge in [0.05, 0.1) is 17.7 Å². The quantitative estimate of drug-likeness (QED) is 0.834. The number of rotatable bonds is 5. The molecule has 0 radical (unpaired) electrons. The number of hydrogen-bond acceptors (Lipinski definition) is 6. The molecular formula is C19H25N5O. The lowest BCUT2D eigenvalue weighted by molar-refractivity contribution is 0.0845. The Kier molecular flexibility index (Phi) is 5.47. The van der Waals surface area contributed by atoms with Gasteiger partial charge in [-0.25, -0.2) is 0 Å². The van der Waals surface area contributed by atoms with Gasteiger partial charge in [0.25, 0.3) is 0 Å². The summed E-state index contributed by atoms with van der Waals surface area (Å²) in [5, 5.41) is 12.9. The first-order chi connectivity index (χ1) is 12.1. The molecule has 3 rings (SSSR count).